The van der Waals surface area contributed by atoms with E-state index in [-0.39, 0.29) is 0 Å². The molecule has 100 valence electrons. The van der Waals surface area contributed by atoms with Crippen molar-refractivity contribution in [1.82, 2.24) is 4.98 Å². The highest BCUT2D eigenvalue weighted by Crippen LogP contribution is 2.32. The second kappa shape index (κ2) is 5.13. The van der Waals surface area contributed by atoms with E-state index in [1.54, 1.807) is 6.20 Å². The summed E-state index contributed by atoms with van der Waals surface area (Å²) in [7, 11) is 0. The van der Waals surface area contributed by atoms with Gasteiger partial charge in [-0.15, -0.1) is 0 Å². The number of nitrogen functional groups attached to an aromatic ring is 1. The predicted octanol–water partition coefficient (Wildman–Crippen LogP) is 4.63. The Kier molecular flexibility index (Phi) is 3.32. The molecular weight excluding hydrogens is 314 g/mol. The summed E-state index contributed by atoms with van der Waals surface area (Å²) >= 11 is 3.54. The Morgan fingerprint density at radius 1 is 1.15 bits per heavy atom. The molecule has 3 aromatic rings. The van der Waals surface area contributed by atoms with Crippen molar-refractivity contribution in [3.05, 3.63) is 58.8 Å². The molecule has 2 aromatic carbocycles. The van der Waals surface area contributed by atoms with Crippen molar-refractivity contribution in [2.45, 2.75) is 6.92 Å². The maximum atomic E-state index is 5.91. The van der Waals surface area contributed by atoms with Crippen LogP contribution in [-0.4, -0.2) is 4.98 Å². The molecule has 1 aromatic heterocycles. The molecule has 0 bridgehead atoms. The zero-order chi connectivity index (χ0) is 14.1. The number of nitrogens with zero attached hydrogens (tertiary/aromatic N) is 1. The number of hydrogen-bond acceptors (Lipinski definition) is 3. The topological polar surface area (TPSA) is 50.9 Å². The van der Waals surface area contributed by atoms with E-state index in [9.17, 15) is 0 Å². The molecule has 0 amide bonds. The summed E-state index contributed by atoms with van der Waals surface area (Å²) in [5, 5.41) is 5.70. The molecule has 1 heterocycles. The first-order chi connectivity index (χ1) is 9.65. The lowest BCUT2D eigenvalue weighted by Gasteiger charge is -2.13. The van der Waals surface area contributed by atoms with Gasteiger partial charge in [-0.2, -0.15) is 0 Å². The maximum Gasteiger partial charge on any atom is 0.0533 e. The fourth-order valence-electron chi connectivity index (χ4n) is 2.16. The van der Waals surface area contributed by atoms with Gasteiger partial charge >= 0.3 is 0 Å². The van der Waals surface area contributed by atoms with Crippen LogP contribution in [0.15, 0.2) is 53.3 Å². The molecular formula is C16H14BrN3. The van der Waals surface area contributed by atoms with Crippen molar-refractivity contribution in [1.29, 1.82) is 0 Å². The summed E-state index contributed by atoms with van der Waals surface area (Å²) in [5.74, 6) is 0. The van der Waals surface area contributed by atoms with Gasteiger partial charge in [-0.3, -0.25) is 4.98 Å². The largest absolute Gasteiger partial charge is 0.398 e. The SMILES string of the molecule is Cc1cc(Nc2cccc3ccncc23)c(Br)cc1N. The van der Waals surface area contributed by atoms with Gasteiger partial charge in [0.1, 0.15) is 0 Å². The minimum absolute atomic E-state index is 0.780. The molecule has 0 spiro atoms. The molecule has 0 aliphatic rings. The van der Waals surface area contributed by atoms with Crippen LogP contribution in [0.5, 0.6) is 0 Å². The van der Waals surface area contributed by atoms with Crippen LogP contribution in [-0.2, 0) is 0 Å². The van der Waals surface area contributed by atoms with E-state index in [2.05, 4.69) is 32.3 Å². The first kappa shape index (κ1) is 12.9. The molecule has 4 heteroatoms. The number of fused-ring (bicyclic) bond motifs is 1. The number of rotatable bonds is 2. The zero-order valence-corrected chi connectivity index (χ0v) is 12.6. The zero-order valence-electron chi connectivity index (χ0n) is 11.0. The van der Waals surface area contributed by atoms with Crippen LogP contribution in [0.2, 0.25) is 0 Å². The van der Waals surface area contributed by atoms with E-state index in [0.29, 0.717) is 0 Å². The van der Waals surface area contributed by atoms with E-state index >= 15 is 0 Å². The van der Waals surface area contributed by atoms with Gasteiger partial charge in [0.2, 0.25) is 0 Å². The summed E-state index contributed by atoms with van der Waals surface area (Å²) < 4.78 is 0.946. The molecule has 0 saturated carbocycles. The molecule has 3 N–H and O–H groups in total. The fraction of sp³-hybridized carbons (Fsp3) is 0.0625. The highest BCUT2D eigenvalue weighted by Gasteiger charge is 2.06. The second-order valence-electron chi connectivity index (χ2n) is 4.72. The van der Waals surface area contributed by atoms with Gasteiger partial charge in [-0.1, -0.05) is 12.1 Å². The summed E-state index contributed by atoms with van der Waals surface area (Å²) in [6, 6.07) is 12.1. The Hall–Kier alpha value is -2.07. The molecule has 0 radical (unpaired) electrons. The third-order valence-corrected chi connectivity index (χ3v) is 3.96. The fourth-order valence-corrected chi connectivity index (χ4v) is 2.62. The van der Waals surface area contributed by atoms with Crippen LogP contribution in [0, 0.1) is 6.92 Å². The van der Waals surface area contributed by atoms with Gasteiger partial charge in [0.05, 0.1) is 5.69 Å². The second-order valence-corrected chi connectivity index (χ2v) is 5.57. The molecule has 0 aliphatic heterocycles. The minimum atomic E-state index is 0.780. The molecule has 3 nitrogen and oxygen atoms in total. The van der Waals surface area contributed by atoms with Crippen molar-refractivity contribution in [3.63, 3.8) is 0 Å². The van der Waals surface area contributed by atoms with E-state index in [0.717, 1.165) is 37.9 Å². The number of aromatic nitrogens is 1. The van der Waals surface area contributed by atoms with E-state index in [1.165, 1.54) is 0 Å². The Morgan fingerprint density at radius 3 is 2.85 bits per heavy atom. The molecule has 0 saturated heterocycles. The highest BCUT2D eigenvalue weighted by molar-refractivity contribution is 9.10. The van der Waals surface area contributed by atoms with Gasteiger partial charge in [0, 0.05) is 33.6 Å². The third kappa shape index (κ3) is 2.34. The van der Waals surface area contributed by atoms with Crippen molar-refractivity contribution in [2.24, 2.45) is 0 Å². The number of nitrogens with one attached hydrogen (secondary N) is 1. The highest BCUT2D eigenvalue weighted by atomic mass is 79.9. The number of halogens is 1. The molecule has 3 rings (SSSR count). The maximum absolute atomic E-state index is 5.91. The Bertz CT molecular complexity index is 779. The molecule has 0 aliphatic carbocycles. The van der Waals surface area contributed by atoms with Crippen LogP contribution in [0.25, 0.3) is 10.8 Å². The van der Waals surface area contributed by atoms with Crippen LogP contribution in [0.1, 0.15) is 5.56 Å². The normalized spacial score (nSPS) is 10.7. The molecule has 0 atom stereocenters. The molecule has 0 fully saturated rings. The van der Waals surface area contributed by atoms with Crippen molar-refractivity contribution in [2.75, 3.05) is 11.1 Å². The summed E-state index contributed by atoms with van der Waals surface area (Å²) in [6.07, 6.45) is 3.67. The minimum Gasteiger partial charge on any atom is -0.398 e. The summed E-state index contributed by atoms with van der Waals surface area (Å²) in [5.41, 5.74) is 9.76. The third-order valence-electron chi connectivity index (χ3n) is 3.31. The number of nitrogens with two attached hydrogens (primary N) is 1. The standard InChI is InChI=1S/C16H14BrN3/c1-10-7-16(13(17)8-14(10)18)20-15-4-2-3-11-5-6-19-9-12(11)15/h2-9,20H,18H2,1H3. The number of benzene rings is 2. The summed E-state index contributed by atoms with van der Waals surface area (Å²) in [4.78, 5) is 4.20. The first-order valence-corrected chi connectivity index (χ1v) is 7.10. The van der Waals surface area contributed by atoms with Gasteiger partial charge in [-0.05, 0) is 58.1 Å². The van der Waals surface area contributed by atoms with Gasteiger partial charge in [-0.25, -0.2) is 0 Å². The Labute approximate surface area is 126 Å². The average Bonchev–Trinajstić information content (AvgIpc) is 2.45. The van der Waals surface area contributed by atoms with E-state index in [1.807, 2.05) is 43.5 Å². The Balaban J connectivity index is 2.08. The van der Waals surface area contributed by atoms with Crippen LogP contribution >= 0.6 is 15.9 Å². The van der Waals surface area contributed by atoms with Gasteiger partial charge in [0.15, 0.2) is 0 Å². The van der Waals surface area contributed by atoms with Crippen LogP contribution < -0.4 is 11.1 Å². The van der Waals surface area contributed by atoms with Crippen molar-refractivity contribution in [3.8, 4) is 0 Å². The Morgan fingerprint density at radius 2 is 2.00 bits per heavy atom. The van der Waals surface area contributed by atoms with Crippen LogP contribution in [0.3, 0.4) is 0 Å². The van der Waals surface area contributed by atoms with E-state index < -0.39 is 0 Å². The molecule has 20 heavy (non-hydrogen) atoms. The molecule has 0 unspecified atom stereocenters. The lowest BCUT2D eigenvalue weighted by atomic mass is 10.1. The lowest BCUT2D eigenvalue weighted by Crippen LogP contribution is -1.96. The quantitative estimate of drug-likeness (QED) is 0.674. The van der Waals surface area contributed by atoms with Gasteiger partial charge < -0.3 is 11.1 Å². The lowest BCUT2D eigenvalue weighted by molar-refractivity contribution is 1.36. The summed E-state index contributed by atoms with van der Waals surface area (Å²) in [6.45, 7) is 2.00. The van der Waals surface area contributed by atoms with Gasteiger partial charge in [0.25, 0.3) is 0 Å². The van der Waals surface area contributed by atoms with E-state index in [4.69, 9.17) is 5.73 Å². The van der Waals surface area contributed by atoms with Crippen molar-refractivity contribution >= 4 is 43.8 Å². The number of aryl methyl sites for hydroxylation is 1. The number of anilines is 3. The smallest absolute Gasteiger partial charge is 0.0533 e. The first-order valence-electron chi connectivity index (χ1n) is 6.30. The average molecular weight is 328 g/mol. The number of pyridine rings is 1. The monoisotopic (exact) mass is 327 g/mol. The van der Waals surface area contributed by atoms with Crippen LogP contribution in [0.4, 0.5) is 17.1 Å². The van der Waals surface area contributed by atoms with Crippen molar-refractivity contribution < 1.29 is 0 Å². The predicted molar refractivity (Wildman–Crippen MR) is 88.3 cm³/mol. The number of hydrogen-bond donors (Lipinski definition) is 2.